The van der Waals surface area contributed by atoms with Crippen molar-refractivity contribution in [1.29, 1.82) is 0 Å². The lowest BCUT2D eigenvalue weighted by Gasteiger charge is -2.19. The predicted molar refractivity (Wildman–Crippen MR) is 119 cm³/mol. The van der Waals surface area contributed by atoms with Gasteiger partial charge in [0.1, 0.15) is 5.75 Å². The zero-order chi connectivity index (χ0) is 22.9. The fourth-order valence-electron chi connectivity index (χ4n) is 4.70. The van der Waals surface area contributed by atoms with E-state index < -0.39 is 10.0 Å². The fourth-order valence-corrected chi connectivity index (χ4v) is 6.00. The largest absolute Gasteiger partial charge is 0.496 e. The molecule has 1 N–H and O–H groups in total. The van der Waals surface area contributed by atoms with E-state index in [0.717, 1.165) is 31.2 Å². The van der Waals surface area contributed by atoms with Crippen molar-refractivity contribution in [3.05, 3.63) is 59.2 Å². The van der Waals surface area contributed by atoms with Crippen LogP contribution in [0.5, 0.6) is 5.75 Å². The van der Waals surface area contributed by atoms with E-state index in [-0.39, 0.29) is 41.6 Å². The molecule has 0 aromatic heterocycles. The summed E-state index contributed by atoms with van der Waals surface area (Å²) in [4.78, 5) is 27.0. The highest BCUT2D eigenvalue weighted by atomic mass is 32.2. The molecule has 4 rings (SSSR count). The smallest absolute Gasteiger partial charge is 0.241 e. The lowest BCUT2D eigenvalue weighted by Crippen LogP contribution is -2.30. The van der Waals surface area contributed by atoms with Crippen LogP contribution in [-0.2, 0) is 32.7 Å². The Balaban J connectivity index is 1.53. The molecule has 2 amide bonds. The highest BCUT2D eigenvalue weighted by Gasteiger charge is 2.47. The summed E-state index contributed by atoms with van der Waals surface area (Å²) in [5.41, 5.74) is 1.94. The number of aryl methyl sites for hydroxylation is 1. The molecule has 1 aliphatic heterocycles. The molecule has 1 heterocycles. The van der Waals surface area contributed by atoms with E-state index in [4.69, 9.17) is 4.74 Å². The van der Waals surface area contributed by atoms with Crippen LogP contribution in [0.1, 0.15) is 42.4 Å². The van der Waals surface area contributed by atoms with Crippen molar-refractivity contribution < 1.29 is 22.7 Å². The molecule has 2 fully saturated rings. The zero-order valence-corrected chi connectivity index (χ0v) is 19.2. The quantitative estimate of drug-likeness (QED) is 0.646. The average molecular weight is 457 g/mol. The monoisotopic (exact) mass is 456 g/mol. The highest BCUT2D eigenvalue weighted by molar-refractivity contribution is 7.89. The number of para-hydroxylation sites is 1. The SMILES string of the molecule is COc1ccccc1CNS(=O)(=O)c1cc(CN2C(=O)C3CCCCC3C2=O)ccc1C. The van der Waals surface area contributed by atoms with Gasteiger partial charge in [0, 0.05) is 12.1 Å². The van der Waals surface area contributed by atoms with Gasteiger partial charge in [0.15, 0.2) is 0 Å². The van der Waals surface area contributed by atoms with Crippen molar-refractivity contribution in [3.63, 3.8) is 0 Å². The molecule has 2 aliphatic rings. The van der Waals surface area contributed by atoms with Crippen LogP contribution in [-0.4, -0.2) is 32.2 Å². The Morgan fingerprint density at radius 2 is 1.69 bits per heavy atom. The van der Waals surface area contributed by atoms with Gasteiger partial charge < -0.3 is 4.74 Å². The van der Waals surface area contributed by atoms with Gasteiger partial charge in [-0.15, -0.1) is 0 Å². The molecule has 2 aromatic carbocycles. The number of rotatable bonds is 7. The van der Waals surface area contributed by atoms with E-state index >= 15 is 0 Å². The Kier molecular flexibility index (Phi) is 6.35. The van der Waals surface area contributed by atoms with Crippen LogP contribution < -0.4 is 9.46 Å². The van der Waals surface area contributed by atoms with Crippen LogP contribution in [0.15, 0.2) is 47.4 Å². The van der Waals surface area contributed by atoms with Crippen LogP contribution in [0, 0.1) is 18.8 Å². The van der Waals surface area contributed by atoms with Gasteiger partial charge >= 0.3 is 0 Å². The molecule has 0 radical (unpaired) electrons. The molecule has 2 atom stereocenters. The normalized spacial score (nSPS) is 21.0. The van der Waals surface area contributed by atoms with E-state index in [0.29, 0.717) is 16.9 Å². The number of methoxy groups -OCH3 is 1. The molecule has 8 heteroatoms. The first kappa shape index (κ1) is 22.5. The van der Waals surface area contributed by atoms with Crippen LogP contribution in [0.2, 0.25) is 0 Å². The molecule has 0 spiro atoms. The summed E-state index contributed by atoms with van der Waals surface area (Å²) in [6.45, 7) is 1.91. The van der Waals surface area contributed by atoms with E-state index in [1.54, 1.807) is 37.3 Å². The van der Waals surface area contributed by atoms with Crippen molar-refractivity contribution in [2.45, 2.75) is 50.6 Å². The number of hydrogen-bond acceptors (Lipinski definition) is 5. The third-order valence-electron chi connectivity index (χ3n) is 6.46. The third kappa shape index (κ3) is 4.29. The van der Waals surface area contributed by atoms with Gasteiger partial charge in [-0.1, -0.05) is 43.2 Å². The van der Waals surface area contributed by atoms with Crippen LogP contribution in [0.25, 0.3) is 0 Å². The number of imide groups is 1. The number of fused-ring (bicyclic) bond motifs is 1. The lowest BCUT2D eigenvalue weighted by atomic mass is 9.81. The first-order valence-electron chi connectivity index (χ1n) is 10.9. The van der Waals surface area contributed by atoms with Gasteiger partial charge in [0.2, 0.25) is 21.8 Å². The second kappa shape index (κ2) is 9.03. The number of sulfonamides is 1. The van der Waals surface area contributed by atoms with E-state index in [9.17, 15) is 18.0 Å². The molecule has 170 valence electrons. The highest BCUT2D eigenvalue weighted by Crippen LogP contribution is 2.38. The predicted octanol–water partition coefficient (Wildman–Crippen LogP) is 3.16. The Hall–Kier alpha value is -2.71. The molecule has 1 aliphatic carbocycles. The van der Waals surface area contributed by atoms with Gasteiger partial charge in [-0.05, 0) is 43.0 Å². The molecule has 1 saturated carbocycles. The first-order chi connectivity index (χ1) is 15.3. The molecule has 7 nitrogen and oxygen atoms in total. The maximum atomic E-state index is 13.0. The van der Waals surface area contributed by atoms with Gasteiger partial charge in [-0.2, -0.15) is 0 Å². The second-order valence-electron chi connectivity index (χ2n) is 8.50. The van der Waals surface area contributed by atoms with Crippen molar-refractivity contribution in [2.24, 2.45) is 11.8 Å². The number of carbonyl (C=O) groups excluding carboxylic acids is 2. The molecule has 0 bridgehead atoms. The molecular weight excluding hydrogens is 428 g/mol. The number of ether oxygens (including phenoxy) is 1. The molecule has 2 aromatic rings. The topological polar surface area (TPSA) is 92.8 Å². The van der Waals surface area contributed by atoms with Crippen molar-refractivity contribution in [3.8, 4) is 5.75 Å². The van der Waals surface area contributed by atoms with Crippen LogP contribution in [0.4, 0.5) is 0 Å². The number of amides is 2. The number of carbonyl (C=O) groups is 2. The summed E-state index contributed by atoms with van der Waals surface area (Å²) in [5.74, 6) is -0.0778. The van der Waals surface area contributed by atoms with Gasteiger partial charge in [0.25, 0.3) is 0 Å². The number of hydrogen-bond donors (Lipinski definition) is 1. The van der Waals surface area contributed by atoms with Crippen molar-refractivity contribution >= 4 is 21.8 Å². The van der Waals surface area contributed by atoms with Crippen molar-refractivity contribution in [1.82, 2.24) is 9.62 Å². The Morgan fingerprint density at radius 1 is 1.03 bits per heavy atom. The van der Waals surface area contributed by atoms with Gasteiger partial charge in [-0.3, -0.25) is 14.5 Å². The maximum absolute atomic E-state index is 13.0. The van der Waals surface area contributed by atoms with E-state index in [2.05, 4.69) is 4.72 Å². The zero-order valence-electron chi connectivity index (χ0n) is 18.3. The summed E-state index contributed by atoms with van der Waals surface area (Å²) in [5, 5.41) is 0. The lowest BCUT2D eigenvalue weighted by molar-refractivity contribution is -0.140. The summed E-state index contributed by atoms with van der Waals surface area (Å²) in [6, 6.07) is 12.3. The fraction of sp³-hybridized carbons (Fsp3) is 0.417. The van der Waals surface area contributed by atoms with E-state index in [1.165, 1.54) is 12.0 Å². The van der Waals surface area contributed by atoms with E-state index in [1.807, 2.05) is 12.1 Å². The first-order valence-corrected chi connectivity index (χ1v) is 12.4. The Labute approximate surface area is 188 Å². The standard InChI is InChI=1S/C24H28N2O5S/c1-16-11-12-17(15-26-23(27)19-8-4-5-9-20(19)24(26)28)13-22(16)32(29,30)25-14-18-7-3-6-10-21(18)31-2/h3,6-7,10-13,19-20,25H,4-5,8-9,14-15H2,1-2H3. The van der Waals surface area contributed by atoms with Crippen molar-refractivity contribution in [2.75, 3.05) is 7.11 Å². The minimum atomic E-state index is -3.81. The molecule has 2 unspecified atom stereocenters. The maximum Gasteiger partial charge on any atom is 0.241 e. The second-order valence-corrected chi connectivity index (χ2v) is 10.2. The number of nitrogens with zero attached hydrogens (tertiary/aromatic N) is 1. The summed E-state index contributed by atoms with van der Waals surface area (Å²) in [7, 11) is -2.27. The molecule has 1 saturated heterocycles. The number of nitrogens with one attached hydrogen (secondary N) is 1. The summed E-state index contributed by atoms with van der Waals surface area (Å²) in [6.07, 6.45) is 3.45. The average Bonchev–Trinajstić information content (AvgIpc) is 3.04. The minimum absolute atomic E-state index is 0.0858. The minimum Gasteiger partial charge on any atom is -0.496 e. The van der Waals surface area contributed by atoms with Gasteiger partial charge in [0.05, 0.1) is 30.4 Å². The Morgan fingerprint density at radius 3 is 2.34 bits per heavy atom. The summed E-state index contributed by atoms with van der Waals surface area (Å²) < 4.78 is 34.0. The summed E-state index contributed by atoms with van der Waals surface area (Å²) >= 11 is 0. The van der Waals surface area contributed by atoms with Gasteiger partial charge in [-0.25, -0.2) is 13.1 Å². The third-order valence-corrected chi connectivity index (χ3v) is 8.00. The molecule has 32 heavy (non-hydrogen) atoms. The number of likely N-dealkylation sites (tertiary alicyclic amines) is 1. The Bertz CT molecular complexity index is 1120. The van der Waals surface area contributed by atoms with Crippen LogP contribution >= 0.6 is 0 Å². The van der Waals surface area contributed by atoms with Crippen LogP contribution in [0.3, 0.4) is 0 Å². The molecular formula is C24H28N2O5S. The number of benzene rings is 2.